The number of thiophene rings is 1. The molecule has 0 bridgehead atoms. The van der Waals surface area contributed by atoms with Crippen LogP contribution < -0.4 is 15.0 Å². The fraction of sp³-hybridized carbons (Fsp3) is 0.240. The van der Waals surface area contributed by atoms with E-state index in [0.29, 0.717) is 34.9 Å². The van der Waals surface area contributed by atoms with E-state index < -0.39 is 0 Å². The lowest BCUT2D eigenvalue weighted by Gasteiger charge is -2.29. The van der Waals surface area contributed by atoms with E-state index in [4.69, 9.17) is 9.47 Å². The molecule has 1 aliphatic heterocycles. The number of hydrogen-bond acceptors (Lipinski definition) is 6. The van der Waals surface area contributed by atoms with Crippen LogP contribution in [0.1, 0.15) is 5.56 Å². The second-order valence-electron chi connectivity index (χ2n) is 8.05. The number of likely N-dealkylation sites (N-methyl/N-ethyl adjacent to an activating group) is 1. The van der Waals surface area contributed by atoms with E-state index in [1.807, 2.05) is 61.5 Å². The number of nitrogens with zero attached hydrogens (tertiary/aromatic N) is 3. The Hall–Kier alpha value is -3.65. The summed E-state index contributed by atoms with van der Waals surface area (Å²) in [6, 6.07) is 17.4. The molecule has 0 radical (unpaired) electrons. The van der Waals surface area contributed by atoms with Crippen molar-refractivity contribution in [2.75, 3.05) is 20.2 Å². The Balaban J connectivity index is 1.32. The summed E-state index contributed by atoms with van der Waals surface area (Å²) < 4.78 is 13.1. The Kier molecular flexibility index (Phi) is 5.60. The molecule has 5 rings (SSSR count). The highest BCUT2D eigenvalue weighted by Crippen LogP contribution is 2.35. The fourth-order valence-corrected chi connectivity index (χ4v) is 5.11. The van der Waals surface area contributed by atoms with Crippen molar-refractivity contribution in [1.82, 2.24) is 14.5 Å². The number of aryl methyl sites for hydroxylation is 1. The van der Waals surface area contributed by atoms with Gasteiger partial charge in [-0.25, -0.2) is 4.98 Å². The molecule has 1 unspecified atom stereocenters. The molecule has 33 heavy (non-hydrogen) atoms. The molecule has 0 saturated carbocycles. The quantitative estimate of drug-likeness (QED) is 0.453. The van der Waals surface area contributed by atoms with Gasteiger partial charge in [-0.05, 0) is 30.2 Å². The van der Waals surface area contributed by atoms with Gasteiger partial charge in [-0.15, -0.1) is 11.3 Å². The SMILES string of the molecule is Cc1c(-c2ccccc2)sc2ncn(CC(=O)N(C)CC3COc4ccccc4O3)c(=O)c12. The van der Waals surface area contributed by atoms with Crippen LogP contribution in [0.3, 0.4) is 0 Å². The van der Waals surface area contributed by atoms with E-state index in [0.717, 1.165) is 16.0 Å². The summed E-state index contributed by atoms with van der Waals surface area (Å²) in [6.45, 7) is 2.56. The lowest BCUT2D eigenvalue weighted by molar-refractivity contribution is -0.132. The molecule has 1 atom stereocenters. The van der Waals surface area contributed by atoms with Crippen LogP contribution in [0.15, 0.2) is 65.7 Å². The summed E-state index contributed by atoms with van der Waals surface area (Å²) in [4.78, 5) is 33.8. The average Bonchev–Trinajstić information content (AvgIpc) is 3.18. The van der Waals surface area contributed by atoms with E-state index in [2.05, 4.69) is 4.98 Å². The van der Waals surface area contributed by atoms with Crippen LogP contribution in [0, 0.1) is 6.92 Å². The predicted molar refractivity (Wildman–Crippen MR) is 128 cm³/mol. The van der Waals surface area contributed by atoms with Gasteiger partial charge >= 0.3 is 0 Å². The summed E-state index contributed by atoms with van der Waals surface area (Å²) in [5, 5.41) is 0.567. The van der Waals surface area contributed by atoms with Crippen molar-refractivity contribution in [2.45, 2.75) is 19.6 Å². The third-order valence-electron chi connectivity index (χ3n) is 5.73. The van der Waals surface area contributed by atoms with Crippen LogP contribution in [0.2, 0.25) is 0 Å². The largest absolute Gasteiger partial charge is 0.486 e. The molecule has 1 amide bonds. The van der Waals surface area contributed by atoms with Gasteiger partial charge in [0.05, 0.1) is 18.3 Å². The summed E-state index contributed by atoms with van der Waals surface area (Å²) in [6.07, 6.45) is 1.18. The fourth-order valence-electron chi connectivity index (χ4n) is 3.96. The smallest absolute Gasteiger partial charge is 0.262 e. The number of ether oxygens (including phenoxy) is 2. The van der Waals surface area contributed by atoms with E-state index in [1.54, 1.807) is 11.9 Å². The first kappa shape index (κ1) is 21.2. The Morgan fingerprint density at radius 3 is 2.67 bits per heavy atom. The third kappa shape index (κ3) is 4.09. The second kappa shape index (κ2) is 8.71. The van der Waals surface area contributed by atoms with Crippen LogP contribution in [0.25, 0.3) is 20.7 Å². The number of carbonyl (C=O) groups is 1. The molecule has 1 aliphatic rings. The van der Waals surface area contributed by atoms with Gasteiger partial charge in [0.25, 0.3) is 5.56 Å². The van der Waals surface area contributed by atoms with Crippen molar-refractivity contribution in [1.29, 1.82) is 0 Å². The molecule has 0 saturated heterocycles. The van der Waals surface area contributed by atoms with Crippen molar-refractivity contribution in [3.05, 3.63) is 76.8 Å². The molecule has 2 aromatic carbocycles. The van der Waals surface area contributed by atoms with Gasteiger partial charge in [-0.2, -0.15) is 0 Å². The Bertz CT molecular complexity index is 1380. The predicted octanol–water partition coefficient (Wildman–Crippen LogP) is 3.73. The maximum atomic E-state index is 13.2. The average molecular weight is 462 g/mol. The highest BCUT2D eigenvalue weighted by atomic mass is 32.1. The number of carbonyl (C=O) groups excluding carboxylic acids is 1. The molecule has 3 heterocycles. The number of fused-ring (bicyclic) bond motifs is 2. The van der Waals surface area contributed by atoms with Crippen molar-refractivity contribution in [3.8, 4) is 21.9 Å². The topological polar surface area (TPSA) is 73.7 Å². The number of hydrogen-bond donors (Lipinski definition) is 0. The molecule has 0 spiro atoms. The molecule has 7 nitrogen and oxygen atoms in total. The zero-order chi connectivity index (χ0) is 22.9. The first-order valence-corrected chi connectivity index (χ1v) is 11.5. The highest BCUT2D eigenvalue weighted by Gasteiger charge is 2.24. The number of benzene rings is 2. The molecule has 2 aromatic heterocycles. The normalized spacial score (nSPS) is 14.9. The van der Waals surface area contributed by atoms with Gasteiger partial charge in [0.15, 0.2) is 17.6 Å². The summed E-state index contributed by atoms with van der Waals surface area (Å²) >= 11 is 1.49. The van der Waals surface area contributed by atoms with Gasteiger partial charge in [-0.3, -0.25) is 14.2 Å². The molecule has 8 heteroatoms. The summed E-state index contributed by atoms with van der Waals surface area (Å²) in [5.41, 5.74) is 1.74. The Morgan fingerprint density at radius 1 is 1.15 bits per heavy atom. The minimum atomic E-state index is -0.279. The number of aromatic nitrogens is 2. The van der Waals surface area contributed by atoms with Crippen molar-refractivity contribution >= 4 is 27.5 Å². The number of rotatable bonds is 5. The van der Waals surface area contributed by atoms with Crippen molar-refractivity contribution < 1.29 is 14.3 Å². The molecular formula is C25H23N3O4S. The van der Waals surface area contributed by atoms with E-state index in [1.165, 1.54) is 22.2 Å². The standard InChI is InChI=1S/C25H23N3O4S/c1-16-22-24(33-23(16)17-8-4-3-5-9-17)26-15-28(25(22)30)13-21(29)27(2)12-18-14-31-19-10-6-7-11-20(19)32-18/h3-11,15,18H,12-14H2,1-2H3. The summed E-state index contributed by atoms with van der Waals surface area (Å²) in [7, 11) is 1.70. The molecular weight excluding hydrogens is 438 g/mol. The Morgan fingerprint density at radius 2 is 1.88 bits per heavy atom. The third-order valence-corrected chi connectivity index (χ3v) is 6.98. The molecule has 0 N–H and O–H groups in total. The van der Waals surface area contributed by atoms with Crippen LogP contribution in [-0.2, 0) is 11.3 Å². The monoisotopic (exact) mass is 461 g/mol. The lowest BCUT2D eigenvalue weighted by Crippen LogP contribution is -2.43. The minimum absolute atomic E-state index is 0.0849. The molecule has 0 aliphatic carbocycles. The first-order valence-electron chi connectivity index (χ1n) is 10.7. The lowest BCUT2D eigenvalue weighted by atomic mass is 10.1. The van der Waals surface area contributed by atoms with E-state index in [-0.39, 0.29) is 24.1 Å². The van der Waals surface area contributed by atoms with E-state index >= 15 is 0 Å². The zero-order valence-corrected chi connectivity index (χ0v) is 19.2. The van der Waals surface area contributed by atoms with Gasteiger partial charge in [0.2, 0.25) is 5.91 Å². The van der Waals surface area contributed by atoms with Gasteiger partial charge in [0.1, 0.15) is 18.0 Å². The van der Waals surface area contributed by atoms with Gasteiger partial charge in [-0.1, -0.05) is 42.5 Å². The van der Waals surface area contributed by atoms with Crippen LogP contribution >= 0.6 is 11.3 Å². The molecule has 0 fully saturated rings. The first-order chi connectivity index (χ1) is 16.0. The van der Waals surface area contributed by atoms with Crippen molar-refractivity contribution in [2.24, 2.45) is 0 Å². The maximum Gasteiger partial charge on any atom is 0.262 e. The van der Waals surface area contributed by atoms with Gasteiger partial charge in [0, 0.05) is 11.9 Å². The zero-order valence-electron chi connectivity index (χ0n) is 18.4. The van der Waals surface area contributed by atoms with Crippen LogP contribution in [-0.4, -0.2) is 46.7 Å². The molecule has 168 valence electrons. The number of para-hydroxylation sites is 2. The van der Waals surface area contributed by atoms with Crippen molar-refractivity contribution in [3.63, 3.8) is 0 Å². The second-order valence-corrected chi connectivity index (χ2v) is 9.05. The number of amides is 1. The summed E-state index contributed by atoms with van der Waals surface area (Å²) in [5.74, 6) is 1.18. The van der Waals surface area contributed by atoms with E-state index in [9.17, 15) is 9.59 Å². The highest BCUT2D eigenvalue weighted by molar-refractivity contribution is 7.22. The van der Waals surface area contributed by atoms with Crippen LogP contribution in [0.5, 0.6) is 11.5 Å². The van der Waals surface area contributed by atoms with Crippen LogP contribution in [0.4, 0.5) is 0 Å². The van der Waals surface area contributed by atoms with Gasteiger partial charge < -0.3 is 14.4 Å². The molecule has 4 aromatic rings. The maximum absolute atomic E-state index is 13.2. The Labute approximate surface area is 194 Å². The minimum Gasteiger partial charge on any atom is -0.486 e.